The number of amides is 3. The molecule has 1 rings (SSSR count). The number of rotatable bonds is 5. The van der Waals surface area contributed by atoms with Crippen LogP contribution in [0.5, 0.6) is 0 Å². The van der Waals surface area contributed by atoms with E-state index in [-0.39, 0.29) is 4.90 Å². The van der Waals surface area contributed by atoms with Gasteiger partial charge in [0, 0.05) is 17.7 Å². The van der Waals surface area contributed by atoms with Gasteiger partial charge in [0.1, 0.15) is 0 Å². The highest BCUT2D eigenvalue weighted by atomic mass is 32.2. The second-order valence-corrected chi connectivity index (χ2v) is 7.78. The van der Waals surface area contributed by atoms with Gasteiger partial charge in [-0.15, -0.1) is 11.8 Å². The summed E-state index contributed by atoms with van der Waals surface area (Å²) in [6, 6.07) is 5.73. The third-order valence-corrected chi connectivity index (χ3v) is 4.75. The number of carbonyl (C=O) groups excluding carboxylic acids is 2. The van der Waals surface area contributed by atoms with Crippen LogP contribution in [0.4, 0.5) is 4.79 Å². The van der Waals surface area contributed by atoms with E-state index < -0.39 is 27.0 Å². The van der Waals surface area contributed by atoms with Crippen molar-refractivity contribution in [2.24, 2.45) is 0 Å². The summed E-state index contributed by atoms with van der Waals surface area (Å²) in [7, 11) is -3.23. The molecule has 0 aliphatic rings. The van der Waals surface area contributed by atoms with Crippen molar-refractivity contribution in [1.82, 2.24) is 10.6 Å². The minimum absolute atomic E-state index is 0.228. The first-order valence-corrected chi connectivity index (χ1v) is 9.06. The van der Waals surface area contributed by atoms with Crippen molar-refractivity contribution in [2.75, 3.05) is 12.8 Å². The van der Waals surface area contributed by atoms with Crippen LogP contribution in [0.2, 0.25) is 0 Å². The molecule has 0 saturated carbocycles. The van der Waals surface area contributed by atoms with Crippen LogP contribution in [0, 0.1) is 0 Å². The summed E-state index contributed by atoms with van der Waals surface area (Å²) in [5.74, 6) is -0.405. The second-order valence-electron chi connectivity index (χ2n) is 4.35. The van der Waals surface area contributed by atoms with Crippen molar-refractivity contribution in [3.63, 3.8) is 0 Å². The number of hydrogen-bond donors (Lipinski definition) is 2. The quantitative estimate of drug-likeness (QED) is 0.797. The molecule has 1 atom stereocenters. The highest BCUT2D eigenvalue weighted by molar-refractivity contribution is 8.00. The first kappa shape index (κ1) is 17.5. The van der Waals surface area contributed by atoms with Crippen molar-refractivity contribution < 1.29 is 18.0 Å². The average molecular weight is 330 g/mol. The molecule has 1 aromatic carbocycles. The molecular weight excluding hydrogens is 312 g/mol. The van der Waals surface area contributed by atoms with E-state index in [1.54, 1.807) is 26.0 Å². The normalized spacial score (nSPS) is 12.5. The van der Waals surface area contributed by atoms with E-state index in [9.17, 15) is 18.0 Å². The fraction of sp³-hybridized carbons (Fsp3) is 0.385. The number of benzene rings is 1. The smallest absolute Gasteiger partial charge is 0.321 e. The van der Waals surface area contributed by atoms with Crippen LogP contribution in [0.1, 0.15) is 13.8 Å². The van der Waals surface area contributed by atoms with E-state index in [0.29, 0.717) is 6.54 Å². The lowest BCUT2D eigenvalue weighted by Gasteiger charge is -2.11. The van der Waals surface area contributed by atoms with Crippen LogP contribution >= 0.6 is 11.8 Å². The van der Waals surface area contributed by atoms with Gasteiger partial charge in [-0.25, -0.2) is 13.2 Å². The maximum absolute atomic E-state index is 11.8. The largest absolute Gasteiger partial charge is 0.338 e. The Bertz CT molecular complexity index is 612. The first-order chi connectivity index (χ1) is 9.74. The van der Waals surface area contributed by atoms with Crippen LogP contribution in [0.25, 0.3) is 0 Å². The molecule has 21 heavy (non-hydrogen) atoms. The fourth-order valence-electron chi connectivity index (χ4n) is 1.44. The molecule has 0 saturated heterocycles. The third-order valence-electron chi connectivity index (χ3n) is 2.51. The number of imide groups is 1. The van der Waals surface area contributed by atoms with Gasteiger partial charge in [-0.3, -0.25) is 10.1 Å². The Morgan fingerprint density at radius 2 is 1.81 bits per heavy atom. The molecule has 1 aromatic rings. The van der Waals surface area contributed by atoms with Crippen LogP contribution < -0.4 is 10.6 Å². The lowest BCUT2D eigenvalue weighted by Crippen LogP contribution is -2.42. The van der Waals surface area contributed by atoms with Gasteiger partial charge in [0.15, 0.2) is 9.84 Å². The summed E-state index contributed by atoms with van der Waals surface area (Å²) >= 11 is 1.24. The second kappa shape index (κ2) is 7.46. The van der Waals surface area contributed by atoms with E-state index in [1.165, 1.54) is 23.9 Å². The van der Waals surface area contributed by atoms with Gasteiger partial charge in [0.05, 0.1) is 10.1 Å². The highest BCUT2D eigenvalue weighted by Crippen LogP contribution is 2.24. The highest BCUT2D eigenvalue weighted by Gasteiger charge is 2.17. The molecule has 3 amide bonds. The van der Waals surface area contributed by atoms with Crippen LogP contribution in [-0.2, 0) is 14.6 Å². The summed E-state index contributed by atoms with van der Waals surface area (Å²) in [5.41, 5.74) is 0. The van der Waals surface area contributed by atoms with Crippen molar-refractivity contribution in [2.45, 2.75) is 28.9 Å². The molecule has 0 bridgehead atoms. The Morgan fingerprint density at radius 3 is 2.29 bits per heavy atom. The molecule has 0 unspecified atom stereocenters. The zero-order valence-corrected chi connectivity index (χ0v) is 13.7. The Morgan fingerprint density at radius 1 is 1.24 bits per heavy atom. The minimum atomic E-state index is -3.23. The maximum atomic E-state index is 11.8. The molecule has 0 fully saturated rings. The van der Waals surface area contributed by atoms with E-state index >= 15 is 0 Å². The molecule has 0 spiro atoms. The van der Waals surface area contributed by atoms with Gasteiger partial charge in [0.2, 0.25) is 5.91 Å². The van der Waals surface area contributed by atoms with Crippen LogP contribution in [-0.4, -0.2) is 38.4 Å². The van der Waals surface area contributed by atoms with E-state index in [4.69, 9.17) is 0 Å². The van der Waals surface area contributed by atoms with Crippen molar-refractivity contribution in [3.8, 4) is 0 Å². The van der Waals surface area contributed by atoms with Gasteiger partial charge in [-0.05, 0) is 38.1 Å². The summed E-state index contributed by atoms with van der Waals surface area (Å²) < 4.78 is 22.7. The molecule has 116 valence electrons. The van der Waals surface area contributed by atoms with Crippen LogP contribution in [0.3, 0.4) is 0 Å². The van der Waals surface area contributed by atoms with E-state index in [2.05, 4.69) is 10.6 Å². The molecule has 0 aliphatic heterocycles. The van der Waals surface area contributed by atoms with Gasteiger partial charge in [0.25, 0.3) is 0 Å². The van der Waals surface area contributed by atoms with Crippen molar-refractivity contribution in [1.29, 1.82) is 0 Å². The number of sulfone groups is 1. The molecule has 6 nitrogen and oxygen atoms in total. The standard InChI is InChI=1S/C13H18N2O4S2/c1-4-14-13(17)15-12(16)9(2)20-10-5-7-11(8-6-10)21(3,18)19/h5-9H,4H2,1-3H3,(H2,14,15,16,17)/t9-/m1/s1. The van der Waals surface area contributed by atoms with Gasteiger partial charge < -0.3 is 5.32 Å². The number of nitrogens with one attached hydrogen (secondary N) is 2. The van der Waals surface area contributed by atoms with E-state index in [1.807, 2.05) is 0 Å². The topological polar surface area (TPSA) is 92.3 Å². The Balaban J connectivity index is 2.64. The molecule has 0 aliphatic carbocycles. The predicted molar refractivity (Wildman–Crippen MR) is 82.1 cm³/mol. The summed E-state index contributed by atoms with van der Waals surface area (Å²) in [6.07, 6.45) is 1.14. The Labute approximate surface area is 128 Å². The Hall–Kier alpha value is -1.54. The SMILES string of the molecule is CCNC(=O)NC(=O)[C@@H](C)Sc1ccc(S(C)(=O)=O)cc1. The molecule has 2 N–H and O–H groups in total. The van der Waals surface area contributed by atoms with E-state index in [0.717, 1.165) is 11.2 Å². The van der Waals surface area contributed by atoms with Gasteiger partial charge >= 0.3 is 6.03 Å². The lowest BCUT2D eigenvalue weighted by atomic mass is 10.4. The van der Waals surface area contributed by atoms with Gasteiger partial charge in [-0.1, -0.05) is 0 Å². The summed E-state index contributed by atoms with van der Waals surface area (Å²) in [4.78, 5) is 24.0. The summed E-state index contributed by atoms with van der Waals surface area (Å²) in [5, 5.41) is 4.23. The number of thioether (sulfide) groups is 1. The summed E-state index contributed by atoms with van der Waals surface area (Å²) in [6.45, 7) is 3.86. The predicted octanol–water partition coefficient (Wildman–Crippen LogP) is 1.42. The zero-order chi connectivity index (χ0) is 16.0. The van der Waals surface area contributed by atoms with Crippen molar-refractivity contribution >= 4 is 33.5 Å². The molecule has 0 radical (unpaired) electrons. The molecule has 0 heterocycles. The average Bonchev–Trinajstić information content (AvgIpc) is 2.38. The lowest BCUT2D eigenvalue weighted by molar-refractivity contribution is -0.119. The number of urea groups is 1. The van der Waals surface area contributed by atoms with Crippen molar-refractivity contribution in [3.05, 3.63) is 24.3 Å². The fourth-order valence-corrected chi connectivity index (χ4v) is 2.94. The first-order valence-electron chi connectivity index (χ1n) is 6.29. The minimum Gasteiger partial charge on any atom is -0.338 e. The number of carbonyl (C=O) groups is 2. The zero-order valence-electron chi connectivity index (χ0n) is 12.0. The number of hydrogen-bond acceptors (Lipinski definition) is 5. The molecule has 8 heteroatoms. The maximum Gasteiger partial charge on any atom is 0.321 e. The van der Waals surface area contributed by atoms with Crippen LogP contribution in [0.15, 0.2) is 34.1 Å². The van der Waals surface area contributed by atoms with Gasteiger partial charge in [-0.2, -0.15) is 0 Å². The molecular formula is C13H18N2O4S2. The third kappa shape index (κ3) is 5.76. The molecule has 0 aromatic heterocycles. The Kier molecular flexibility index (Phi) is 6.22. The monoisotopic (exact) mass is 330 g/mol.